The lowest BCUT2D eigenvalue weighted by Gasteiger charge is -2.22. The van der Waals surface area contributed by atoms with Crippen molar-refractivity contribution in [1.82, 2.24) is 4.90 Å². The Bertz CT molecular complexity index is 129. The van der Waals surface area contributed by atoms with Gasteiger partial charge in [0.1, 0.15) is 0 Å². The van der Waals surface area contributed by atoms with Crippen LogP contribution in [-0.4, -0.2) is 61.0 Å². The molecule has 1 saturated heterocycles. The smallest absolute Gasteiger partial charge is 0.0698 e. The highest BCUT2D eigenvalue weighted by molar-refractivity contribution is 7.99. The van der Waals surface area contributed by atoms with Crippen molar-refractivity contribution >= 4 is 11.8 Å². The van der Waals surface area contributed by atoms with Gasteiger partial charge in [0.05, 0.1) is 19.8 Å². The van der Waals surface area contributed by atoms with E-state index < -0.39 is 0 Å². The van der Waals surface area contributed by atoms with Crippen molar-refractivity contribution in [3.8, 4) is 0 Å². The monoisotopic (exact) mass is 205 g/mol. The van der Waals surface area contributed by atoms with E-state index in [1.165, 1.54) is 17.9 Å². The molecule has 13 heavy (non-hydrogen) atoms. The number of nitrogens with zero attached hydrogens (tertiary/aromatic N) is 1. The zero-order valence-electron chi connectivity index (χ0n) is 8.24. The summed E-state index contributed by atoms with van der Waals surface area (Å²) in [7, 11) is 2.15. The predicted molar refractivity (Wildman–Crippen MR) is 56.3 cm³/mol. The molecule has 0 bridgehead atoms. The zero-order chi connectivity index (χ0) is 9.52. The lowest BCUT2D eigenvalue weighted by Crippen LogP contribution is -2.34. The Morgan fingerprint density at radius 2 is 2.38 bits per heavy atom. The fraction of sp³-hybridized carbons (Fsp3) is 1.00. The van der Waals surface area contributed by atoms with Gasteiger partial charge >= 0.3 is 0 Å². The normalized spacial score (nSPS) is 22.8. The fourth-order valence-corrected chi connectivity index (χ4v) is 2.73. The Morgan fingerprint density at radius 3 is 3.00 bits per heavy atom. The van der Waals surface area contributed by atoms with Gasteiger partial charge in [-0.05, 0) is 19.2 Å². The van der Waals surface area contributed by atoms with Gasteiger partial charge in [-0.25, -0.2) is 0 Å². The second kappa shape index (κ2) is 6.65. The van der Waals surface area contributed by atoms with E-state index in [0.717, 1.165) is 19.2 Å². The molecule has 78 valence electrons. The molecule has 3 nitrogen and oxygen atoms in total. The van der Waals surface area contributed by atoms with Gasteiger partial charge in [-0.2, -0.15) is 11.8 Å². The van der Waals surface area contributed by atoms with Crippen LogP contribution >= 0.6 is 11.8 Å². The van der Waals surface area contributed by atoms with E-state index in [1.807, 2.05) is 11.8 Å². The Morgan fingerprint density at radius 1 is 1.54 bits per heavy atom. The average molecular weight is 205 g/mol. The third-order valence-electron chi connectivity index (χ3n) is 2.35. The SMILES string of the molecule is CN(CCOCCO)C1CCSC1. The van der Waals surface area contributed by atoms with Crippen molar-refractivity contribution in [2.24, 2.45) is 0 Å². The van der Waals surface area contributed by atoms with Gasteiger partial charge in [0, 0.05) is 18.3 Å². The highest BCUT2D eigenvalue weighted by atomic mass is 32.2. The van der Waals surface area contributed by atoms with Crippen LogP contribution in [0, 0.1) is 0 Å². The van der Waals surface area contributed by atoms with Crippen LogP contribution in [-0.2, 0) is 4.74 Å². The summed E-state index contributed by atoms with van der Waals surface area (Å²) in [5, 5.41) is 8.50. The van der Waals surface area contributed by atoms with E-state index in [9.17, 15) is 0 Å². The van der Waals surface area contributed by atoms with Gasteiger partial charge in [-0.1, -0.05) is 0 Å². The standard InChI is InChI=1S/C9H19NO2S/c1-10(3-5-12-6-4-11)9-2-7-13-8-9/h9,11H,2-8H2,1H3. The second-order valence-corrected chi connectivity index (χ2v) is 4.48. The highest BCUT2D eigenvalue weighted by Crippen LogP contribution is 2.20. The molecule has 0 aromatic rings. The van der Waals surface area contributed by atoms with Crippen LogP contribution in [0.15, 0.2) is 0 Å². The summed E-state index contributed by atoms with van der Waals surface area (Å²) in [5.41, 5.74) is 0. The molecule has 0 aliphatic carbocycles. The summed E-state index contributed by atoms with van der Waals surface area (Å²) in [5.74, 6) is 2.56. The van der Waals surface area contributed by atoms with Crippen LogP contribution in [0.5, 0.6) is 0 Å². The van der Waals surface area contributed by atoms with Crippen molar-refractivity contribution < 1.29 is 9.84 Å². The number of hydrogen-bond donors (Lipinski definition) is 1. The first-order chi connectivity index (χ1) is 6.34. The number of likely N-dealkylation sites (N-methyl/N-ethyl adjacent to an activating group) is 1. The number of thioether (sulfide) groups is 1. The third kappa shape index (κ3) is 4.31. The minimum absolute atomic E-state index is 0.128. The van der Waals surface area contributed by atoms with Crippen LogP contribution < -0.4 is 0 Å². The van der Waals surface area contributed by atoms with Gasteiger partial charge < -0.3 is 14.7 Å². The van der Waals surface area contributed by atoms with Crippen LogP contribution in [0.25, 0.3) is 0 Å². The summed E-state index contributed by atoms with van der Waals surface area (Å²) in [6, 6.07) is 0.739. The minimum Gasteiger partial charge on any atom is -0.394 e. The molecule has 1 heterocycles. The molecule has 0 amide bonds. The Hall–Kier alpha value is 0.230. The van der Waals surface area contributed by atoms with Gasteiger partial charge in [-0.15, -0.1) is 0 Å². The van der Waals surface area contributed by atoms with Crippen LogP contribution in [0.2, 0.25) is 0 Å². The Labute approximate surface area is 84.4 Å². The molecule has 4 heteroatoms. The molecule has 0 aromatic heterocycles. The molecular formula is C9H19NO2S. The molecule has 0 spiro atoms. The quantitative estimate of drug-likeness (QED) is 0.638. The number of hydrogen-bond acceptors (Lipinski definition) is 4. The minimum atomic E-state index is 0.128. The van der Waals surface area contributed by atoms with E-state index in [1.54, 1.807) is 0 Å². The third-order valence-corrected chi connectivity index (χ3v) is 3.50. The zero-order valence-corrected chi connectivity index (χ0v) is 9.05. The first-order valence-electron chi connectivity index (χ1n) is 4.81. The van der Waals surface area contributed by atoms with Gasteiger partial charge in [0.2, 0.25) is 0 Å². The molecule has 0 saturated carbocycles. The first kappa shape index (κ1) is 11.3. The topological polar surface area (TPSA) is 32.7 Å². The maximum absolute atomic E-state index is 8.50. The number of aliphatic hydroxyl groups excluding tert-OH is 1. The highest BCUT2D eigenvalue weighted by Gasteiger charge is 2.19. The van der Waals surface area contributed by atoms with Gasteiger partial charge in [0.15, 0.2) is 0 Å². The molecule has 1 atom stereocenters. The number of rotatable bonds is 6. The molecule has 1 rings (SSSR count). The second-order valence-electron chi connectivity index (χ2n) is 3.33. The molecule has 0 radical (unpaired) electrons. The summed E-state index contributed by atoms with van der Waals surface area (Å²) in [6.45, 7) is 2.31. The van der Waals surface area contributed by atoms with Crippen molar-refractivity contribution in [3.63, 3.8) is 0 Å². The molecule has 0 aromatic carbocycles. The predicted octanol–water partition coefficient (Wildman–Crippen LogP) is 0.433. The van der Waals surface area contributed by atoms with E-state index in [-0.39, 0.29) is 6.61 Å². The number of ether oxygens (including phenoxy) is 1. The van der Waals surface area contributed by atoms with Crippen molar-refractivity contribution in [2.75, 3.05) is 44.9 Å². The first-order valence-corrected chi connectivity index (χ1v) is 5.96. The van der Waals surface area contributed by atoms with Crippen molar-refractivity contribution in [2.45, 2.75) is 12.5 Å². The summed E-state index contributed by atoms with van der Waals surface area (Å²) in [6.07, 6.45) is 1.31. The molecule has 1 unspecified atom stereocenters. The van der Waals surface area contributed by atoms with Crippen molar-refractivity contribution in [3.05, 3.63) is 0 Å². The summed E-state index contributed by atoms with van der Waals surface area (Å²) >= 11 is 2.03. The molecule has 1 aliphatic rings. The van der Waals surface area contributed by atoms with E-state index in [0.29, 0.717) is 6.61 Å². The summed E-state index contributed by atoms with van der Waals surface area (Å²) < 4.78 is 5.21. The maximum Gasteiger partial charge on any atom is 0.0698 e. The van der Waals surface area contributed by atoms with Crippen LogP contribution in [0.1, 0.15) is 6.42 Å². The van der Waals surface area contributed by atoms with Gasteiger partial charge in [-0.3, -0.25) is 0 Å². The maximum atomic E-state index is 8.50. The Balaban J connectivity index is 1.99. The molecule has 1 N–H and O–H groups in total. The van der Waals surface area contributed by atoms with Gasteiger partial charge in [0.25, 0.3) is 0 Å². The van der Waals surface area contributed by atoms with Crippen LogP contribution in [0.4, 0.5) is 0 Å². The molecule has 1 fully saturated rings. The summed E-state index contributed by atoms with van der Waals surface area (Å²) in [4.78, 5) is 2.36. The van der Waals surface area contributed by atoms with Crippen LogP contribution in [0.3, 0.4) is 0 Å². The largest absolute Gasteiger partial charge is 0.394 e. The van der Waals surface area contributed by atoms with Crippen molar-refractivity contribution in [1.29, 1.82) is 0 Å². The molecule has 1 aliphatic heterocycles. The van der Waals surface area contributed by atoms with E-state index in [4.69, 9.17) is 9.84 Å². The average Bonchev–Trinajstić information content (AvgIpc) is 2.65. The number of aliphatic hydroxyl groups is 1. The Kier molecular flexibility index (Phi) is 5.78. The van der Waals surface area contributed by atoms with E-state index in [2.05, 4.69) is 11.9 Å². The molecular weight excluding hydrogens is 186 g/mol. The lowest BCUT2D eigenvalue weighted by atomic mass is 10.2. The lowest BCUT2D eigenvalue weighted by molar-refractivity contribution is 0.0725. The van der Waals surface area contributed by atoms with E-state index >= 15 is 0 Å². The fourth-order valence-electron chi connectivity index (χ4n) is 1.43.